The molecule has 1 heterocycles. The lowest BCUT2D eigenvalue weighted by molar-refractivity contribution is 0.0688. The molecule has 0 aliphatic carbocycles. The molecule has 2 unspecified atom stereocenters. The highest BCUT2D eigenvalue weighted by Crippen LogP contribution is 2.27. The number of benzene rings is 1. The van der Waals surface area contributed by atoms with Crippen molar-refractivity contribution >= 4 is 5.78 Å². The molecule has 92 valence electrons. The lowest BCUT2D eigenvalue weighted by Gasteiger charge is -2.15. The average molecular weight is 236 g/mol. The van der Waals surface area contributed by atoms with Crippen molar-refractivity contribution < 1.29 is 13.9 Å². The van der Waals surface area contributed by atoms with Crippen LogP contribution >= 0.6 is 0 Å². The van der Waals surface area contributed by atoms with Gasteiger partial charge in [0.25, 0.3) is 0 Å². The highest BCUT2D eigenvalue weighted by atomic mass is 19.1. The minimum Gasteiger partial charge on any atom is -0.377 e. The van der Waals surface area contributed by atoms with Gasteiger partial charge >= 0.3 is 0 Å². The van der Waals surface area contributed by atoms with Crippen molar-refractivity contribution in [3.05, 3.63) is 35.1 Å². The van der Waals surface area contributed by atoms with Crippen molar-refractivity contribution in [3.8, 4) is 0 Å². The van der Waals surface area contributed by atoms with Gasteiger partial charge in [-0.2, -0.15) is 0 Å². The van der Waals surface area contributed by atoms with Crippen LogP contribution in [0.3, 0.4) is 0 Å². The fourth-order valence-electron chi connectivity index (χ4n) is 2.44. The predicted octanol–water partition coefficient (Wildman–Crippen LogP) is 3.13. The van der Waals surface area contributed by atoms with E-state index in [1.54, 1.807) is 13.0 Å². The molecule has 1 fully saturated rings. The monoisotopic (exact) mass is 236 g/mol. The maximum absolute atomic E-state index is 13.3. The van der Waals surface area contributed by atoms with Crippen LogP contribution in [-0.4, -0.2) is 18.5 Å². The second kappa shape index (κ2) is 4.96. The number of halogens is 1. The topological polar surface area (TPSA) is 26.3 Å². The van der Waals surface area contributed by atoms with Crippen LogP contribution < -0.4 is 0 Å². The van der Waals surface area contributed by atoms with Gasteiger partial charge in [0, 0.05) is 12.2 Å². The second-order valence-corrected chi connectivity index (χ2v) is 4.59. The second-order valence-electron chi connectivity index (χ2n) is 4.59. The summed E-state index contributed by atoms with van der Waals surface area (Å²) in [7, 11) is 0. The van der Waals surface area contributed by atoms with E-state index in [1.807, 2.05) is 6.92 Å². The summed E-state index contributed by atoms with van der Waals surface area (Å²) in [5, 5.41) is 0. The van der Waals surface area contributed by atoms with E-state index >= 15 is 0 Å². The first-order valence-corrected chi connectivity index (χ1v) is 6.05. The van der Waals surface area contributed by atoms with Gasteiger partial charge < -0.3 is 4.74 Å². The summed E-state index contributed by atoms with van der Waals surface area (Å²) in [4.78, 5) is 12.3. The molecule has 1 aromatic carbocycles. The van der Waals surface area contributed by atoms with Gasteiger partial charge in [-0.25, -0.2) is 4.39 Å². The predicted molar refractivity (Wildman–Crippen MR) is 63.6 cm³/mol. The van der Waals surface area contributed by atoms with Crippen LogP contribution in [0.2, 0.25) is 0 Å². The van der Waals surface area contributed by atoms with E-state index in [9.17, 15) is 9.18 Å². The zero-order valence-electron chi connectivity index (χ0n) is 10.2. The molecular formula is C14H17FO2. The number of hydrogen-bond donors (Lipinski definition) is 0. The van der Waals surface area contributed by atoms with Crippen molar-refractivity contribution in [1.82, 2.24) is 0 Å². The fourth-order valence-corrected chi connectivity index (χ4v) is 2.44. The number of ketones is 1. The molecule has 0 bridgehead atoms. The molecule has 0 aromatic heterocycles. The summed E-state index contributed by atoms with van der Waals surface area (Å²) in [6, 6.07) is 4.50. The molecule has 1 saturated heterocycles. The Morgan fingerprint density at radius 2 is 2.24 bits per heavy atom. The van der Waals surface area contributed by atoms with Crippen LogP contribution in [0.4, 0.5) is 4.39 Å². The van der Waals surface area contributed by atoms with E-state index in [0.717, 1.165) is 18.4 Å². The third kappa shape index (κ3) is 2.55. The lowest BCUT2D eigenvalue weighted by Crippen LogP contribution is -2.24. The van der Waals surface area contributed by atoms with Crippen LogP contribution in [0, 0.1) is 18.7 Å². The van der Waals surface area contributed by atoms with Gasteiger partial charge in [-0.05, 0) is 43.5 Å². The number of aryl methyl sites for hydroxylation is 1. The van der Waals surface area contributed by atoms with Crippen LogP contribution in [0.5, 0.6) is 0 Å². The number of hydrogen-bond acceptors (Lipinski definition) is 2. The molecule has 2 atom stereocenters. The molecule has 2 nitrogen and oxygen atoms in total. The van der Waals surface area contributed by atoms with Gasteiger partial charge in [-0.3, -0.25) is 4.79 Å². The van der Waals surface area contributed by atoms with Crippen LogP contribution in [0.15, 0.2) is 18.2 Å². The minimum absolute atomic E-state index is 0.00827. The van der Waals surface area contributed by atoms with Gasteiger partial charge in [0.2, 0.25) is 0 Å². The molecule has 17 heavy (non-hydrogen) atoms. The smallest absolute Gasteiger partial charge is 0.168 e. The number of Topliss-reactive ketones (excluding diaryl/α,β-unsaturated/α-hetero) is 1. The Hall–Kier alpha value is -1.22. The van der Waals surface area contributed by atoms with Gasteiger partial charge in [0.1, 0.15) is 5.82 Å². The van der Waals surface area contributed by atoms with E-state index in [1.165, 1.54) is 12.1 Å². The molecular weight excluding hydrogens is 219 g/mol. The zero-order chi connectivity index (χ0) is 12.4. The molecule has 1 aliphatic rings. The standard InChI is InChI=1S/C14H17FO2/c1-3-13-12(4-5-17-13)14(16)10-6-9(2)7-11(15)8-10/h6-8,12-13H,3-5H2,1-2H3. The lowest BCUT2D eigenvalue weighted by atomic mass is 9.90. The van der Waals surface area contributed by atoms with E-state index in [-0.39, 0.29) is 23.6 Å². The van der Waals surface area contributed by atoms with E-state index in [4.69, 9.17) is 4.74 Å². The van der Waals surface area contributed by atoms with Gasteiger partial charge in [0.15, 0.2) is 5.78 Å². The fraction of sp³-hybridized carbons (Fsp3) is 0.500. The van der Waals surface area contributed by atoms with E-state index in [0.29, 0.717) is 12.2 Å². The van der Waals surface area contributed by atoms with Crippen molar-refractivity contribution in [1.29, 1.82) is 0 Å². The van der Waals surface area contributed by atoms with Crippen LogP contribution in [0.1, 0.15) is 35.7 Å². The number of carbonyl (C=O) groups excluding carboxylic acids is 1. The Bertz CT molecular complexity index is 408. The molecule has 2 rings (SSSR count). The zero-order valence-corrected chi connectivity index (χ0v) is 10.2. The van der Waals surface area contributed by atoms with Gasteiger partial charge in [-0.1, -0.05) is 6.92 Å². The van der Waals surface area contributed by atoms with E-state index < -0.39 is 0 Å². The van der Waals surface area contributed by atoms with Gasteiger partial charge in [0.05, 0.1) is 12.0 Å². The summed E-state index contributed by atoms with van der Waals surface area (Å²) in [6.07, 6.45) is 1.56. The third-order valence-corrected chi connectivity index (χ3v) is 3.28. The van der Waals surface area contributed by atoms with Crippen LogP contribution in [-0.2, 0) is 4.74 Å². The number of rotatable bonds is 3. The SMILES string of the molecule is CCC1OCCC1C(=O)c1cc(C)cc(F)c1. The largest absolute Gasteiger partial charge is 0.377 e. The highest BCUT2D eigenvalue weighted by molar-refractivity contribution is 5.98. The Morgan fingerprint density at radius 1 is 1.47 bits per heavy atom. The Morgan fingerprint density at radius 3 is 2.88 bits per heavy atom. The molecule has 1 aliphatic heterocycles. The van der Waals surface area contributed by atoms with Crippen molar-refractivity contribution in [2.45, 2.75) is 32.8 Å². The molecule has 3 heteroatoms. The third-order valence-electron chi connectivity index (χ3n) is 3.28. The molecule has 0 N–H and O–H groups in total. The first-order valence-electron chi connectivity index (χ1n) is 6.05. The molecule has 1 aromatic rings. The first kappa shape index (κ1) is 12.2. The van der Waals surface area contributed by atoms with Gasteiger partial charge in [-0.15, -0.1) is 0 Å². The number of carbonyl (C=O) groups is 1. The average Bonchev–Trinajstić information content (AvgIpc) is 2.74. The van der Waals surface area contributed by atoms with E-state index in [2.05, 4.69) is 0 Å². The summed E-state index contributed by atoms with van der Waals surface area (Å²) >= 11 is 0. The maximum atomic E-state index is 13.3. The Balaban J connectivity index is 2.24. The summed E-state index contributed by atoms with van der Waals surface area (Å²) < 4.78 is 18.8. The van der Waals surface area contributed by atoms with Crippen molar-refractivity contribution in [3.63, 3.8) is 0 Å². The molecule has 0 radical (unpaired) electrons. The normalized spacial score (nSPS) is 23.9. The van der Waals surface area contributed by atoms with Crippen molar-refractivity contribution in [2.24, 2.45) is 5.92 Å². The first-order chi connectivity index (χ1) is 8.11. The number of ether oxygens (including phenoxy) is 1. The summed E-state index contributed by atoms with van der Waals surface area (Å²) in [5.74, 6) is -0.446. The molecule has 0 spiro atoms. The maximum Gasteiger partial charge on any atom is 0.168 e. The Labute approximate surface area is 101 Å². The van der Waals surface area contributed by atoms with Crippen molar-refractivity contribution in [2.75, 3.05) is 6.61 Å². The summed E-state index contributed by atoms with van der Waals surface area (Å²) in [6.45, 7) is 4.43. The molecule has 0 saturated carbocycles. The molecule has 0 amide bonds. The minimum atomic E-state index is -0.347. The summed E-state index contributed by atoms with van der Waals surface area (Å²) in [5.41, 5.74) is 1.25. The highest BCUT2D eigenvalue weighted by Gasteiger charge is 2.33. The Kier molecular flexibility index (Phi) is 3.57. The quantitative estimate of drug-likeness (QED) is 0.754. The van der Waals surface area contributed by atoms with Crippen LogP contribution in [0.25, 0.3) is 0 Å².